The monoisotopic (exact) mass is 320 g/mol. The predicted octanol–water partition coefficient (Wildman–Crippen LogP) is 6.52. The Labute approximate surface area is 142 Å². The van der Waals surface area contributed by atoms with Crippen molar-refractivity contribution in [3.63, 3.8) is 0 Å². The highest BCUT2D eigenvalue weighted by Crippen LogP contribution is 2.32. The van der Waals surface area contributed by atoms with Crippen molar-refractivity contribution >= 4 is 12.6 Å². The van der Waals surface area contributed by atoms with Crippen LogP contribution in [0.4, 0.5) is 0 Å². The molecule has 1 nitrogen and oxygen atoms in total. The average molecular weight is 321 g/mol. The van der Waals surface area contributed by atoms with Gasteiger partial charge in [-0.05, 0) is 48.9 Å². The van der Waals surface area contributed by atoms with Crippen molar-refractivity contribution in [2.75, 3.05) is 6.61 Å². The van der Waals surface area contributed by atoms with E-state index in [1.807, 2.05) is 24.3 Å². The number of hydrogen-bond donors (Lipinski definition) is 1. The SMILES string of the molecule is CCCCCCCC1CCC(COc2ccc(S)cc2)CC1. The quantitative estimate of drug-likeness (QED) is 0.402. The highest BCUT2D eigenvalue weighted by Gasteiger charge is 2.21. The third-order valence-corrected chi connectivity index (χ3v) is 5.30. The number of thiol groups is 1. The molecule has 1 aromatic carbocycles. The molecule has 2 rings (SSSR count). The van der Waals surface area contributed by atoms with Crippen LogP contribution in [0.25, 0.3) is 0 Å². The maximum absolute atomic E-state index is 5.93. The third kappa shape index (κ3) is 6.64. The van der Waals surface area contributed by atoms with Gasteiger partial charge < -0.3 is 4.74 Å². The minimum Gasteiger partial charge on any atom is -0.493 e. The van der Waals surface area contributed by atoms with E-state index in [0.29, 0.717) is 0 Å². The van der Waals surface area contributed by atoms with E-state index in [9.17, 15) is 0 Å². The van der Waals surface area contributed by atoms with Crippen molar-refractivity contribution in [2.24, 2.45) is 11.8 Å². The zero-order chi connectivity index (χ0) is 15.6. The van der Waals surface area contributed by atoms with Gasteiger partial charge in [0, 0.05) is 4.90 Å². The van der Waals surface area contributed by atoms with Gasteiger partial charge in [-0.15, -0.1) is 12.6 Å². The molecule has 1 aliphatic rings. The lowest BCUT2D eigenvalue weighted by Gasteiger charge is -2.28. The largest absolute Gasteiger partial charge is 0.493 e. The molecule has 0 atom stereocenters. The van der Waals surface area contributed by atoms with E-state index in [0.717, 1.165) is 29.1 Å². The van der Waals surface area contributed by atoms with Gasteiger partial charge in [0.2, 0.25) is 0 Å². The topological polar surface area (TPSA) is 9.23 Å². The standard InChI is InChI=1S/C20H32OS/c1-2-3-4-5-6-7-17-8-10-18(11-9-17)16-21-19-12-14-20(22)15-13-19/h12-15,17-18,22H,2-11,16H2,1H3. The molecule has 0 saturated heterocycles. The fourth-order valence-electron chi connectivity index (χ4n) is 3.48. The van der Waals surface area contributed by atoms with Crippen molar-refractivity contribution in [1.29, 1.82) is 0 Å². The summed E-state index contributed by atoms with van der Waals surface area (Å²) in [6.45, 7) is 3.17. The smallest absolute Gasteiger partial charge is 0.119 e. The van der Waals surface area contributed by atoms with Gasteiger partial charge >= 0.3 is 0 Å². The van der Waals surface area contributed by atoms with E-state index in [2.05, 4.69) is 19.6 Å². The van der Waals surface area contributed by atoms with Crippen LogP contribution in [0, 0.1) is 11.8 Å². The van der Waals surface area contributed by atoms with Gasteiger partial charge in [-0.25, -0.2) is 0 Å². The Kier molecular flexibility index (Phi) is 8.22. The summed E-state index contributed by atoms with van der Waals surface area (Å²) in [6.07, 6.45) is 14.1. The summed E-state index contributed by atoms with van der Waals surface area (Å²) in [5.41, 5.74) is 0. The van der Waals surface area contributed by atoms with E-state index in [-0.39, 0.29) is 0 Å². The average Bonchev–Trinajstić information content (AvgIpc) is 2.55. The fraction of sp³-hybridized carbons (Fsp3) is 0.700. The van der Waals surface area contributed by atoms with Crippen LogP contribution in [0.3, 0.4) is 0 Å². The first-order chi connectivity index (χ1) is 10.8. The van der Waals surface area contributed by atoms with Crippen molar-refractivity contribution in [2.45, 2.75) is 76.0 Å². The van der Waals surface area contributed by atoms with E-state index in [1.54, 1.807) is 0 Å². The van der Waals surface area contributed by atoms with Crippen LogP contribution in [0.15, 0.2) is 29.2 Å². The molecule has 0 unspecified atom stereocenters. The molecule has 0 spiro atoms. The summed E-state index contributed by atoms with van der Waals surface area (Å²) in [5, 5.41) is 0. The highest BCUT2D eigenvalue weighted by molar-refractivity contribution is 7.80. The number of hydrogen-bond acceptors (Lipinski definition) is 2. The van der Waals surface area contributed by atoms with Crippen molar-refractivity contribution in [1.82, 2.24) is 0 Å². The van der Waals surface area contributed by atoms with Crippen LogP contribution in [-0.4, -0.2) is 6.61 Å². The molecule has 22 heavy (non-hydrogen) atoms. The second kappa shape index (κ2) is 10.2. The van der Waals surface area contributed by atoms with Gasteiger partial charge in [-0.1, -0.05) is 58.3 Å². The minimum atomic E-state index is 0.756. The maximum atomic E-state index is 5.93. The minimum absolute atomic E-state index is 0.756. The second-order valence-corrected chi connectivity index (χ2v) is 7.41. The maximum Gasteiger partial charge on any atom is 0.119 e. The molecule has 0 bridgehead atoms. The summed E-state index contributed by atoms with van der Waals surface area (Å²) in [5.74, 6) is 2.73. The van der Waals surface area contributed by atoms with Gasteiger partial charge in [-0.3, -0.25) is 0 Å². The summed E-state index contributed by atoms with van der Waals surface area (Å²) < 4.78 is 5.93. The molecule has 0 amide bonds. The summed E-state index contributed by atoms with van der Waals surface area (Å²) >= 11 is 4.30. The predicted molar refractivity (Wildman–Crippen MR) is 98.0 cm³/mol. The van der Waals surface area contributed by atoms with E-state index < -0.39 is 0 Å². The molecule has 1 aliphatic carbocycles. The lowest BCUT2D eigenvalue weighted by molar-refractivity contribution is 0.177. The van der Waals surface area contributed by atoms with Crippen LogP contribution in [0.5, 0.6) is 5.75 Å². The molecule has 1 saturated carbocycles. The number of ether oxygens (including phenoxy) is 1. The molecule has 0 aromatic heterocycles. The Bertz CT molecular complexity index is 393. The molecule has 1 fully saturated rings. The first kappa shape index (κ1) is 17.7. The first-order valence-corrected chi connectivity index (χ1v) is 9.64. The Balaban J connectivity index is 1.56. The van der Waals surface area contributed by atoms with Gasteiger partial charge in [0.25, 0.3) is 0 Å². The lowest BCUT2D eigenvalue weighted by atomic mass is 9.80. The lowest BCUT2D eigenvalue weighted by Crippen LogP contribution is -2.20. The summed E-state index contributed by atoms with van der Waals surface area (Å²) in [4.78, 5) is 0.992. The molecule has 0 N–H and O–H groups in total. The van der Waals surface area contributed by atoms with Gasteiger partial charge in [0.1, 0.15) is 5.75 Å². The van der Waals surface area contributed by atoms with E-state index in [4.69, 9.17) is 4.74 Å². The fourth-order valence-corrected chi connectivity index (χ4v) is 3.63. The first-order valence-electron chi connectivity index (χ1n) is 9.19. The number of rotatable bonds is 9. The normalized spacial score (nSPS) is 21.7. The molecule has 0 aliphatic heterocycles. The molecule has 124 valence electrons. The van der Waals surface area contributed by atoms with Crippen LogP contribution >= 0.6 is 12.6 Å². The molecule has 0 radical (unpaired) electrons. The Morgan fingerprint density at radius 2 is 1.55 bits per heavy atom. The van der Waals surface area contributed by atoms with Crippen LogP contribution in [0.1, 0.15) is 71.1 Å². The van der Waals surface area contributed by atoms with Crippen molar-refractivity contribution < 1.29 is 4.74 Å². The van der Waals surface area contributed by atoms with E-state index in [1.165, 1.54) is 64.2 Å². The zero-order valence-corrected chi connectivity index (χ0v) is 15.0. The van der Waals surface area contributed by atoms with Crippen LogP contribution in [-0.2, 0) is 0 Å². The zero-order valence-electron chi connectivity index (χ0n) is 14.1. The molecule has 1 aromatic rings. The van der Waals surface area contributed by atoms with Crippen molar-refractivity contribution in [3.8, 4) is 5.75 Å². The third-order valence-electron chi connectivity index (χ3n) is 5.00. The number of unbranched alkanes of at least 4 members (excludes halogenated alkanes) is 4. The van der Waals surface area contributed by atoms with Gasteiger partial charge in [0.05, 0.1) is 6.61 Å². The molecular weight excluding hydrogens is 288 g/mol. The van der Waals surface area contributed by atoms with Crippen molar-refractivity contribution in [3.05, 3.63) is 24.3 Å². The number of benzene rings is 1. The Morgan fingerprint density at radius 3 is 2.23 bits per heavy atom. The van der Waals surface area contributed by atoms with Gasteiger partial charge in [-0.2, -0.15) is 0 Å². The summed E-state index contributed by atoms with van der Waals surface area (Å²) in [7, 11) is 0. The molecule has 0 heterocycles. The Hall–Kier alpha value is -0.630. The van der Waals surface area contributed by atoms with Crippen LogP contribution in [0.2, 0.25) is 0 Å². The highest BCUT2D eigenvalue weighted by atomic mass is 32.1. The van der Waals surface area contributed by atoms with E-state index >= 15 is 0 Å². The Morgan fingerprint density at radius 1 is 0.909 bits per heavy atom. The van der Waals surface area contributed by atoms with Gasteiger partial charge in [0.15, 0.2) is 0 Å². The molecular formula is C20H32OS. The van der Waals surface area contributed by atoms with Crippen LogP contribution < -0.4 is 4.74 Å². The second-order valence-electron chi connectivity index (χ2n) is 6.89. The summed E-state index contributed by atoms with van der Waals surface area (Å²) in [6, 6.07) is 8.02. The molecule has 2 heteroatoms.